The maximum atomic E-state index is 12.6. The van der Waals surface area contributed by atoms with E-state index >= 15 is 0 Å². The van der Waals surface area contributed by atoms with E-state index in [0.717, 1.165) is 34.6 Å². The van der Waals surface area contributed by atoms with E-state index in [4.69, 9.17) is 9.47 Å². The number of aromatic nitrogens is 4. The maximum Gasteiger partial charge on any atom is 0.338 e. The van der Waals surface area contributed by atoms with Crippen LogP contribution in [-0.4, -0.2) is 38.8 Å². The Labute approximate surface area is 168 Å². The lowest BCUT2D eigenvalue weighted by atomic mass is 9.85. The fourth-order valence-electron chi connectivity index (χ4n) is 4.39. The van der Waals surface area contributed by atoms with Gasteiger partial charge < -0.3 is 9.47 Å². The quantitative estimate of drug-likeness (QED) is 0.636. The van der Waals surface area contributed by atoms with Crippen molar-refractivity contribution in [2.45, 2.75) is 37.4 Å². The monoisotopic (exact) mass is 388 g/mol. The van der Waals surface area contributed by atoms with Gasteiger partial charge in [-0.15, -0.1) is 10.2 Å². The van der Waals surface area contributed by atoms with E-state index in [2.05, 4.69) is 20.2 Å². The lowest BCUT2D eigenvalue weighted by Crippen LogP contribution is -2.39. The predicted molar refractivity (Wildman–Crippen MR) is 105 cm³/mol. The van der Waals surface area contributed by atoms with Gasteiger partial charge in [-0.1, -0.05) is 12.1 Å². The SMILES string of the molecule is COC(=O)C12CCc3c(-c4ccccn4)nnc(-c4ccccn4)c3C(CC1)O2. The Hall–Kier alpha value is -3.19. The third-order valence-corrected chi connectivity index (χ3v) is 5.77. The Morgan fingerprint density at radius 2 is 1.72 bits per heavy atom. The number of hydrogen-bond donors (Lipinski definition) is 0. The molecule has 146 valence electrons. The molecule has 0 amide bonds. The van der Waals surface area contributed by atoms with Crippen LogP contribution in [0.25, 0.3) is 22.8 Å². The van der Waals surface area contributed by atoms with E-state index in [1.807, 2.05) is 36.4 Å². The molecule has 5 rings (SSSR count). The molecule has 7 nitrogen and oxygen atoms in total. The molecule has 1 saturated heterocycles. The minimum absolute atomic E-state index is 0.262. The number of pyridine rings is 2. The molecule has 2 aliphatic rings. The summed E-state index contributed by atoms with van der Waals surface area (Å²) in [7, 11) is 1.41. The van der Waals surface area contributed by atoms with Gasteiger partial charge in [0, 0.05) is 18.0 Å². The highest BCUT2D eigenvalue weighted by Crippen LogP contribution is 2.49. The van der Waals surface area contributed by atoms with E-state index in [1.165, 1.54) is 7.11 Å². The summed E-state index contributed by atoms with van der Waals surface area (Å²) in [5.74, 6) is -0.313. The zero-order chi connectivity index (χ0) is 19.8. The summed E-state index contributed by atoms with van der Waals surface area (Å²) in [5, 5.41) is 9.06. The van der Waals surface area contributed by atoms with Crippen molar-refractivity contribution in [3.8, 4) is 22.8 Å². The molecule has 5 heterocycles. The number of esters is 1. The van der Waals surface area contributed by atoms with E-state index < -0.39 is 5.60 Å². The number of rotatable bonds is 3. The topological polar surface area (TPSA) is 87.1 Å². The largest absolute Gasteiger partial charge is 0.467 e. The molecule has 29 heavy (non-hydrogen) atoms. The summed E-state index contributed by atoms with van der Waals surface area (Å²) in [6, 6.07) is 11.4. The van der Waals surface area contributed by atoms with E-state index in [1.54, 1.807) is 12.4 Å². The normalized spacial score (nSPS) is 22.6. The van der Waals surface area contributed by atoms with Crippen molar-refractivity contribution < 1.29 is 14.3 Å². The highest BCUT2D eigenvalue weighted by Gasteiger charge is 2.51. The number of methoxy groups -OCH3 is 1. The Kier molecular flexibility index (Phi) is 4.32. The third-order valence-electron chi connectivity index (χ3n) is 5.77. The van der Waals surface area contributed by atoms with Crippen LogP contribution in [0.1, 0.15) is 36.5 Å². The number of carbonyl (C=O) groups is 1. The Morgan fingerprint density at radius 1 is 1.03 bits per heavy atom. The number of ether oxygens (including phenoxy) is 2. The van der Waals surface area contributed by atoms with Gasteiger partial charge in [-0.3, -0.25) is 9.97 Å². The van der Waals surface area contributed by atoms with Crippen LogP contribution in [0, 0.1) is 0 Å². The van der Waals surface area contributed by atoms with Crippen molar-refractivity contribution in [1.29, 1.82) is 0 Å². The summed E-state index contributed by atoms with van der Waals surface area (Å²) >= 11 is 0. The zero-order valence-corrected chi connectivity index (χ0v) is 16.0. The molecule has 0 saturated carbocycles. The third kappa shape index (κ3) is 2.89. The first-order valence-electron chi connectivity index (χ1n) is 9.70. The highest BCUT2D eigenvalue weighted by molar-refractivity contribution is 5.81. The molecule has 0 spiro atoms. The molecule has 3 aromatic heterocycles. The van der Waals surface area contributed by atoms with Crippen LogP contribution in [0.5, 0.6) is 0 Å². The van der Waals surface area contributed by atoms with E-state index in [0.29, 0.717) is 25.0 Å². The zero-order valence-electron chi connectivity index (χ0n) is 16.0. The fraction of sp³-hybridized carbons (Fsp3) is 0.318. The molecule has 2 unspecified atom stereocenters. The van der Waals surface area contributed by atoms with Crippen LogP contribution in [-0.2, 0) is 20.7 Å². The molecule has 2 aliphatic heterocycles. The molecule has 2 bridgehead atoms. The van der Waals surface area contributed by atoms with Crippen LogP contribution in [0.3, 0.4) is 0 Å². The van der Waals surface area contributed by atoms with Crippen LogP contribution in [0.4, 0.5) is 0 Å². The van der Waals surface area contributed by atoms with E-state index in [-0.39, 0.29) is 12.1 Å². The van der Waals surface area contributed by atoms with Gasteiger partial charge in [0.15, 0.2) is 5.60 Å². The van der Waals surface area contributed by atoms with Crippen molar-refractivity contribution >= 4 is 5.97 Å². The lowest BCUT2D eigenvalue weighted by Gasteiger charge is -2.24. The van der Waals surface area contributed by atoms with Crippen LogP contribution >= 0.6 is 0 Å². The number of hydrogen-bond acceptors (Lipinski definition) is 7. The molecule has 0 N–H and O–H groups in total. The summed E-state index contributed by atoms with van der Waals surface area (Å²) in [6.07, 6.45) is 5.73. The van der Waals surface area contributed by atoms with Crippen molar-refractivity contribution in [1.82, 2.24) is 20.2 Å². The molecular formula is C22H20N4O3. The van der Waals surface area contributed by atoms with Crippen LogP contribution < -0.4 is 0 Å². The van der Waals surface area contributed by atoms with Gasteiger partial charge >= 0.3 is 5.97 Å². The smallest absolute Gasteiger partial charge is 0.338 e. The summed E-state index contributed by atoms with van der Waals surface area (Å²) in [6.45, 7) is 0. The lowest BCUT2D eigenvalue weighted by molar-refractivity contribution is -0.168. The molecule has 0 radical (unpaired) electrons. The second-order valence-electron chi connectivity index (χ2n) is 7.35. The van der Waals surface area contributed by atoms with Crippen molar-refractivity contribution in [3.63, 3.8) is 0 Å². The molecule has 1 fully saturated rings. The number of fused-ring (bicyclic) bond motifs is 4. The molecule has 2 atom stereocenters. The summed E-state index contributed by atoms with van der Waals surface area (Å²) < 4.78 is 11.4. The summed E-state index contributed by atoms with van der Waals surface area (Å²) in [5.41, 5.74) is 4.00. The molecule has 0 aliphatic carbocycles. The average molecular weight is 388 g/mol. The fourth-order valence-corrected chi connectivity index (χ4v) is 4.39. The van der Waals surface area contributed by atoms with Gasteiger partial charge in [-0.05, 0) is 55.5 Å². The molecule has 7 heteroatoms. The Balaban J connectivity index is 1.71. The average Bonchev–Trinajstić information content (AvgIpc) is 3.14. The Morgan fingerprint density at radius 3 is 2.38 bits per heavy atom. The van der Waals surface area contributed by atoms with Crippen molar-refractivity contribution in [3.05, 3.63) is 59.9 Å². The van der Waals surface area contributed by atoms with E-state index in [9.17, 15) is 4.79 Å². The van der Waals surface area contributed by atoms with Gasteiger partial charge in [0.05, 0.1) is 24.6 Å². The van der Waals surface area contributed by atoms with Gasteiger partial charge in [-0.25, -0.2) is 4.79 Å². The molecule has 3 aromatic rings. The van der Waals surface area contributed by atoms with Gasteiger partial charge in [-0.2, -0.15) is 0 Å². The Bertz CT molecular complexity index is 1060. The van der Waals surface area contributed by atoms with Crippen LogP contribution in [0.2, 0.25) is 0 Å². The van der Waals surface area contributed by atoms with Gasteiger partial charge in [0.2, 0.25) is 0 Å². The second-order valence-corrected chi connectivity index (χ2v) is 7.35. The standard InChI is InChI=1S/C22H20N4O3/c1-28-21(27)22-10-8-14-18(17(29-22)9-11-22)20(16-7-3-5-13-24-16)26-25-19(14)15-6-2-4-12-23-15/h2-7,12-13,17H,8-11H2,1H3. The van der Waals surface area contributed by atoms with Crippen molar-refractivity contribution in [2.24, 2.45) is 0 Å². The van der Waals surface area contributed by atoms with Gasteiger partial charge in [0.25, 0.3) is 0 Å². The van der Waals surface area contributed by atoms with Crippen molar-refractivity contribution in [2.75, 3.05) is 7.11 Å². The van der Waals surface area contributed by atoms with Crippen LogP contribution in [0.15, 0.2) is 48.8 Å². The molecular weight excluding hydrogens is 368 g/mol. The predicted octanol–water partition coefficient (Wildman–Crippen LogP) is 3.31. The summed E-state index contributed by atoms with van der Waals surface area (Å²) in [4.78, 5) is 21.5. The first kappa shape index (κ1) is 17.9. The minimum Gasteiger partial charge on any atom is -0.467 e. The molecule has 0 aromatic carbocycles. The maximum absolute atomic E-state index is 12.6. The first-order chi connectivity index (χ1) is 14.2. The first-order valence-corrected chi connectivity index (χ1v) is 9.70. The number of carbonyl (C=O) groups excluding carboxylic acids is 1. The minimum atomic E-state index is -0.915. The highest BCUT2D eigenvalue weighted by atomic mass is 16.6. The van der Waals surface area contributed by atoms with Gasteiger partial charge in [0.1, 0.15) is 11.4 Å². The second kappa shape index (κ2) is 7.00. The number of nitrogens with zero attached hydrogens (tertiary/aromatic N) is 4.